The summed E-state index contributed by atoms with van der Waals surface area (Å²) in [5.41, 5.74) is 1.28. The third-order valence-electron chi connectivity index (χ3n) is 4.54. The number of hydrogen-bond acceptors (Lipinski definition) is 5. The first-order chi connectivity index (χ1) is 12.7. The Morgan fingerprint density at radius 1 is 1.31 bits per heavy atom. The molecule has 0 saturated heterocycles. The van der Waals surface area contributed by atoms with E-state index in [1.54, 1.807) is 35.6 Å². The Labute approximate surface area is 159 Å². The Morgan fingerprint density at radius 2 is 2.19 bits per heavy atom. The Balaban J connectivity index is 1.50. The van der Waals surface area contributed by atoms with Crippen LogP contribution in [0.15, 0.2) is 46.4 Å². The molecule has 0 spiro atoms. The van der Waals surface area contributed by atoms with Gasteiger partial charge in [0.15, 0.2) is 5.76 Å². The number of hydrogen-bond donors (Lipinski definition) is 1. The van der Waals surface area contributed by atoms with Crippen molar-refractivity contribution < 1.29 is 14.0 Å². The highest BCUT2D eigenvalue weighted by Crippen LogP contribution is 2.37. The third kappa shape index (κ3) is 3.08. The van der Waals surface area contributed by atoms with Gasteiger partial charge in [-0.05, 0) is 54.1 Å². The molecule has 1 atom stereocenters. The van der Waals surface area contributed by atoms with Crippen LogP contribution >= 0.6 is 22.7 Å². The first-order valence-electron chi connectivity index (χ1n) is 8.49. The summed E-state index contributed by atoms with van der Waals surface area (Å²) >= 11 is 3.07. The number of carbonyl (C=O) groups excluding carboxylic acids is 2. The van der Waals surface area contributed by atoms with Crippen LogP contribution in [0, 0.1) is 0 Å². The number of anilines is 1. The summed E-state index contributed by atoms with van der Waals surface area (Å²) in [5.74, 6) is -0.0429. The fourth-order valence-electron chi connectivity index (χ4n) is 3.32. The van der Waals surface area contributed by atoms with Gasteiger partial charge in [-0.1, -0.05) is 6.92 Å². The summed E-state index contributed by atoms with van der Waals surface area (Å²) in [6.45, 7) is 2.85. The summed E-state index contributed by atoms with van der Waals surface area (Å²) in [5, 5.41) is 5.52. The van der Waals surface area contributed by atoms with E-state index in [0.29, 0.717) is 9.88 Å². The second-order valence-electron chi connectivity index (χ2n) is 6.07. The predicted octanol–water partition coefficient (Wildman–Crippen LogP) is 4.80. The Kier molecular flexibility index (Phi) is 4.65. The van der Waals surface area contributed by atoms with Crippen molar-refractivity contribution in [2.75, 3.05) is 11.9 Å². The molecule has 26 heavy (non-hydrogen) atoms. The highest BCUT2D eigenvalue weighted by atomic mass is 32.1. The SMILES string of the molecule is CCC1c2ccsc2CCN1C(=O)c1ccc(NC(=O)c2ccco2)s1. The Hall–Kier alpha value is -2.38. The lowest BCUT2D eigenvalue weighted by Gasteiger charge is -2.35. The van der Waals surface area contributed by atoms with E-state index >= 15 is 0 Å². The zero-order valence-electron chi connectivity index (χ0n) is 14.2. The van der Waals surface area contributed by atoms with Crippen molar-refractivity contribution in [1.29, 1.82) is 0 Å². The van der Waals surface area contributed by atoms with Crippen LogP contribution in [-0.2, 0) is 6.42 Å². The molecule has 1 aliphatic rings. The predicted molar refractivity (Wildman–Crippen MR) is 103 cm³/mol. The van der Waals surface area contributed by atoms with Crippen molar-refractivity contribution in [2.24, 2.45) is 0 Å². The number of furan rings is 1. The van der Waals surface area contributed by atoms with Crippen molar-refractivity contribution in [2.45, 2.75) is 25.8 Å². The fraction of sp³-hybridized carbons (Fsp3) is 0.263. The molecule has 2 amide bonds. The quantitative estimate of drug-likeness (QED) is 0.700. The highest BCUT2D eigenvalue weighted by molar-refractivity contribution is 7.18. The molecule has 1 unspecified atom stereocenters. The van der Waals surface area contributed by atoms with Gasteiger partial charge in [0.1, 0.15) is 0 Å². The highest BCUT2D eigenvalue weighted by Gasteiger charge is 2.31. The maximum atomic E-state index is 13.0. The summed E-state index contributed by atoms with van der Waals surface area (Å²) in [6, 6.07) is 9.07. The molecule has 4 rings (SSSR count). The van der Waals surface area contributed by atoms with Gasteiger partial charge in [-0.3, -0.25) is 9.59 Å². The van der Waals surface area contributed by atoms with Crippen LogP contribution in [0.3, 0.4) is 0 Å². The molecule has 134 valence electrons. The van der Waals surface area contributed by atoms with Gasteiger partial charge in [0, 0.05) is 11.4 Å². The minimum Gasteiger partial charge on any atom is -0.459 e. The van der Waals surface area contributed by atoms with Crippen LogP contribution in [-0.4, -0.2) is 23.3 Å². The molecule has 0 aromatic carbocycles. The van der Waals surface area contributed by atoms with E-state index < -0.39 is 0 Å². The lowest BCUT2D eigenvalue weighted by molar-refractivity contribution is 0.0662. The van der Waals surface area contributed by atoms with Crippen molar-refractivity contribution in [1.82, 2.24) is 4.90 Å². The summed E-state index contributed by atoms with van der Waals surface area (Å²) in [7, 11) is 0. The lowest BCUT2D eigenvalue weighted by Crippen LogP contribution is -2.38. The van der Waals surface area contributed by atoms with Crippen LogP contribution in [0.2, 0.25) is 0 Å². The average Bonchev–Trinajstić information content (AvgIpc) is 3.40. The van der Waals surface area contributed by atoms with Gasteiger partial charge in [0.25, 0.3) is 11.8 Å². The number of rotatable bonds is 4. The van der Waals surface area contributed by atoms with Crippen LogP contribution < -0.4 is 5.32 Å². The first kappa shape index (κ1) is 17.1. The van der Waals surface area contributed by atoms with E-state index in [2.05, 4.69) is 23.7 Å². The maximum absolute atomic E-state index is 13.0. The smallest absolute Gasteiger partial charge is 0.291 e. The van der Waals surface area contributed by atoms with Gasteiger partial charge in [-0.25, -0.2) is 0 Å². The Bertz CT molecular complexity index is 926. The number of carbonyl (C=O) groups is 2. The number of thiophene rings is 2. The van der Waals surface area contributed by atoms with E-state index in [1.807, 2.05) is 4.90 Å². The summed E-state index contributed by atoms with van der Waals surface area (Å²) in [4.78, 5) is 29.1. The zero-order chi connectivity index (χ0) is 18.1. The van der Waals surface area contributed by atoms with E-state index in [4.69, 9.17) is 4.42 Å². The van der Waals surface area contributed by atoms with Crippen molar-refractivity contribution >= 4 is 39.5 Å². The molecule has 3 aromatic heterocycles. The van der Waals surface area contributed by atoms with Crippen LogP contribution in [0.4, 0.5) is 5.00 Å². The molecule has 3 aromatic rings. The zero-order valence-corrected chi connectivity index (χ0v) is 15.9. The number of nitrogens with one attached hydrogen (secondary N) is 1. The number of fused-ring (bicyclic) bond motifs is 1. The van der Waals surface area contributed by atoms with Gasteiger partial charge in [-0.2, -0.15) is 0 Å². The van der Waals surface area contributed by atoms with Gasteiger partial charge in [0.2, 0.25) is 0 Å². The van der Waals surface area contributed by atoms with E-state index in [0.717, 1.165) is 19.4 Å². The molecular formula is C19H18N2O3S2. The van der Waals surface area contributed by atoms with Gasteiger partial charge >= 0.3 is 0 Å². The Morgan fingerprint density at radius 3 is 2.96 bits per heavy atom. The topological polar surface area (TPSA) is 62.6 Å². The molecule has 1 aliphatic heterocycles. The molecule has 4 heterocycles. The second-order valence-corrected chi connectivity index (χ2v) is 8.15. The molecular weight excluding hydrogens is 368 g/mol. The average molecular weight is 386 g/mol. The minimum atomic E-state index is -0.317. The standard InChI is InChI=1S/C19H18N2O3S2/c1-2-13-12-8-11-25-15(12)7-9-21(13)19(23)16-5-6-17(26-16)20-18(22)14-4-3-10-24-14/h3-6,8,10-11,13H,2,7,9H2,1H3,(H,20,22). The number of amides is 2. The first-order valence-corrected chi connectivity index (χ1v) is 10.2. The minimum absolute atomic E-state index is 0.0252. The van der Waals surface area contributed by atoms with E-state index in [-0.39, 0.29) is 23.6 Å². The van der Waals surface area contributed by atoms with Gasteiger partial charge in [0.05, 0.1) is 22.2 Å². The summed E-state index contributed by atoms with van der Waals surface area (Å²) < 4.78 is 5.09. The second kappa shape index (κ2) is 7.09. The van der Waals surface area contributed by atoms with Crippen LogP contribution in [0.1, 0.15) is 50.1 Å². The van der Waals surface area contributed by atoms with E-state index in [9.17, 15) is 9.59 Å². The van der Waals surface area contributed by atoms with Gasteiger partial charge in [-0.15, -0.1) is 22.7 Å². The molecule has 7 heteroatoms. The van der Waals surface area contributed by atoms with Crippen molar-refractivity contribution in [3.8, 4) is 0 Å². The van der Waals surface area contributed by atoms with Gasteiger partial charge < -0.3 is 14.6 Å². The van der Waals surface area contributed by atoms with Crippen molar-refractivity contribution in [3.63, 3.8) is 0 Å². The molecule has 0 radical (unpaired) electrons. The monoisotopic (exact) mass is 386 g/mol. The molecule has 0 bridgehead atoms. The lowest BCUT2D eigenvalue weighted by atomic mass is 9.97. The summed E-state index contributed by atoms with van der Waals surface area (Å²) in [6.07, 6.45) is 3.25. The molecule has 1 N–H and O–H groups in total. The molecule has 0 fully saturated rings. The number of nitrogens with zero attached hydrogens (tertiary/aromatic N) is 1. The van der Waals surface area contributed by atoms with E-state index in [1.165, 1.54) is 28.0 Å². The molecule has 0 saturated carbocycles. The maximum Gasteiger partial charge on any atom is 0.291 e. The fourth-order valence-corrected chi connectivity index (χ4v) is 5.11. The normalized spacial score (nSPS) is 16.3. The van der Waals surface area contributed by atoms with Crippen LogP contribution in [0.5, 0.6) is 0 Å². The largest absolute Gasteiger partial charge is 0.459 e. The van der Waals surface area contributed by atoms with Crippen LogP contribution in [0.25, 0.3) is 0 Å². The molecule has 5 nitrogen and oxygen atoms in total. The molecule has 0 aliphatic carbocycles. The third-order valence-corrected chi connectivity index (χ3v) is 6.53. The van der Waals surface area contributed by atoms with Crippen molar-refractivity contribution in [3.05, 3.63) is 63.1 Å².